The van der Waals surface area contributed by atoms with Gasteiger partial charge in [0.1, 0.15) is 0 Å². The molecule has 1 aromatic heterocycles. The number of ketones is 1. The Labute approximate surface area is 130 Å². The summed E-state index contributed by atoms with van der Waals surface area (Å²) in [7, 11) is 0. The van der Waals surface area contributed by atoms with E-state index in [1.165, 1.54) is 0 Å². The first kappa shape index (κ1) is 14.6. The number of nitrogens with one attached hydrogen (secondary N) is 1. The number of hydrogen-bond donors (Lipinski definition) is 1. The Morgan fingerprint density at radius 3 is 2.68 bits per heavy atom. The van der Waals surface area contributed by atoms with Crippen LogP contribution in [0.1, 0.15) is 45.7 Å². The summed E-state index contributed by atoms with van der Waals surface area (Å²) in [6.07, 6.45) is 4.04. The fraction of sp³-hybridized carbons (Fsp3) is 0.333. The van der Waals surface area contributed by atoms with Gasteiger partial charge in [-0.15, -0.1) is 0 Å². The molecule has 4 heteroatoms. The number of carbonyl (C=O) groups excluding carboxylic acids is 2. The predicted octanol–water partition coefficient (Wildman–Crippen LogP) is 3.20. The lowest BCUT2D eigenvalue weighted by Gasteiger charge is -2.24. The van der Waals surface area contributed by atoms with Gasteiger partial charge in [0.25, 0.3) is 5.91 Å². The van der Waals surface area contributed by atoms with E-state index in [1.54, 1.807) is 6.20 Å². The van der Waals surface area contributed by atoms with Crippen LogP contribution in [-0.4, -0.2) is 34.2 Å². The van der Waals surface area contributed by atoms with Crippen LogP contribution in [0.15, 0.2) is 42.6 Å². The zero-order valence-corrected chi connectivity index (χ0v) is 12.7. The van der Waals surface area contributed by atoms with Gasteiger partial charge in [0.2, 0.25) is 0 Å². The van der Waals surface area contributed by atoms with Gasteiger partial charge >= 0.3 is 0 Å². The fourth-order valence-corrected chi connectivity index (χ4v) is 3.11. The van der Waals surface area contributed by atoms with Gasteiger partial charge in [0, 0.05) is 36.5 Å². The molecule has 1 aromatic carbocycles. The zero-order chi connectivity index (χ0) is 15.5. The number of rotatable bonds is 4. The van der Waals surface area contributed by atoms with Crippen molar-refractivity contribution in [2.75, 3.05) is 6.54 Å². The maximum atomic E-state index is 12.7. The highest BCUT2D eigenvalue weighted by Crippen LogP contribution is 2.24. The molecule has 1 atom stereocenters. The van der Waals surface area contributed by atoms with Crippen molar-refractivity contribution in [3.05, 3.63) is 59.4 Å². The second-order valence-electron chi connectivity index (χ2n) is 5.80. The molecular weight excluding hydrogens is 276 g/mol. The molecule has 0 spiro atoms. The molecule has 4 nitrogen and oxygen atoms in total. The maximum absolute atomic E-state index is 12.7. The number of amides is 1. The Kier molecular flexibility index (Phi) is 4.09. The van der Waals surface area contributed by atoms with E-state index >= 15 is 0 Å². The van der Waals surface area contributed by atoms with E-state index in [2.05, 4.69) is 4.98 Å². The van der Waals surface area contributed by atoms with Gasteiger partial charge in [-0.3, -0.25) is 9.59 Å². The second-order valence-corrected chi connectivity index (χ2v) is 5.80. The topological polar surface area (TPSA) is 53.2 Å². The highest BCUT2D eigenvalue weighted by molar-refractivity contribution is 5.98. The molecule has 3 rings (SSSR count). The molecule has 0 unspecified atom stereocenters. The minimum Gasteiger partial charge on any atom is -0.365 e. The van der Waals surface area contributed by atoms with Crippen molar-refractivity contribution in [1.82, 2.24) is 9.88 Å². The Morgan fingerprint density at radius 2 is 2.00 bits per heavy atom. The Morgan fingerprint density at radius 1 is 1.23 bits per heavy atom. The van der Waals surface area contributed by atoms with E-state index in [-0.39, 0.29) is 17.7 Å². The Bertz CT molecular complexity index is 675. The monoisotopic (exact) mass is 296 g/mol. The molecule has 1 N–H and O–H groups in total. The van der Waals surface area contributed by atoms with Crippen LogP contribution in [0.4, 0.5) is 0 Å². The van der Waals surface area contributed by atoms with Crippen molar-refractivity contribution in [1.29, 1.82) is 0 Å². The van der Waals surface area contributed by atoms with E-state index in [1.807, 2.05) is 48.2 Å². The van der Waals surface area contributed by atoms with E-state index in [0.29, 0.717) is 12.0 Å². The number of aromatic nitrogens is 1. The third-order valence-corrected chi connectivity index (χ3v) is 4.34. The molecule has 114 valence electrons. The molecule has 1 aliphatic heterocycles. The van der Waals surface area contributed by atoms with E-state index in [0.717, 1.165) is 30.6 Å². The molecule has 1 saturated heterocycles. The summed E-state index contributed by atoms with van der Waals surface area (Å²) >= 11 is 0. The van der Waals surface area contributed by atoms with Crippen LogP contribution in [0, 0.1) is 6.92 Å². The van der Waals surface area contributed by atoms with Crippen LogP contribution in [-0.2, 0) is 0 Å². The minimum absolute atomic E-state index is 0.00880. The van der Waals surface area contributed by atoms with Crippen LogP contribution >= 0.6 is 0 Å². The van der Waals surface area contributed by atoms with Crippen LogP contribution < -0.4 is 0 Å². The first-order valence-electron chi connectivity index (χ1n) is 7.70. The van der Waals surface area contributed by atoms with Crippen molar-refractivity contribution in [2.45, 2.75) is 32.2 Å². The number of Topliss-reactive ketones (excluding diaryl/α,β-unsaturated/α-hetero) is 1. The van der Waals surface area contributed by atoms with E-state index in [4.69, 9.17) is 0 Å². The summed E-state index contributed by atoms with van der Waals surface area (Å²) in [5, 5.41) is 0. The molecule has 0 saturated carbocycles. The fourth-order valence-electron chi connectivity index (χ4n) is 3.11. The number of aromatic amines is 1. The molecule has 2 heterocycles. The van der Waals surface area contributed by atoms with Crippen LogP contribution in [0.5, 0.6) is 0 Å². The molecule has 0 bridgehead atoms. The predicted molar refractivity (Wildman–Crippen MR) is 85.0 cm³/mol. The van der Waals surface area contributed by atoms with Crippen molar-refractivity contribution >= 4 is 11.7 Å². The molecule has 1 fully saturated rings. The number of hydrogen-bond acceptors (Lipinski definition) is 2. The number of aryl methyl sites for hydroxylation is 1. The lowest BCUT2D eigenvalue weighted by atomic mass is 10.0. The highest BCUT2D eigenvalue weighted by atomic mass is 16.2. The number of carbonyl (C=O) groups is 2. The van der Waals surface area contributed by atoms with Crippen molar-refractivity contribution < 1.29 is 9.59 Å². The minimum atomic E-state index is 0.00880. The summed E-state index contributed by atoms with van der Waals surface area (Å²) in [4.78, 5) is 29.9. The normalized spacial score (nSPS) is 17.7. The summed E-state index contributed by atoms with van der Waals surface area (Å²) in [5.41, 5.74) is 2.31. The first-order valence-corrected chi connectivity index (χ1v) is 7.70. The summed E-state index contributed by atoms with van der Waals surface area (Å²) < 4.78 is 0. The Hall–Kier alpha value is -2.36. The Balaban J connectivity index is 1.72. The van der Waals surface area contributed by atoms with Gasteiger partial charge in [0.05, 0.1) is 5.56 Å². The maximum Gasteiger partial charge on any atom is 0.255 e. The molecular formula is C18H20N2O2. The average Bonchev–Trinajstić information content (AvgIpc) is 3.16. The van der Waals surface area contributed by atoms with Gasteiger partial charge in [-0.1, -0.05) is 30.3 Å². The summed E-state index contributed by atoms with van der Waals surface area (Å²) in [6, 6.07) is 11.1. The van der Waals surface area contributed by atoms with Crippen molar-refractivity contribution in [3.8, 4) is 0 Å². The smallest absolute Gasteiger partial charge is 0.255 e. The SMILES string of the molecule is Cc1[nH]ccc1C(=O)N1CCC[C@H]1CC(=O)c1ccccc1. The molecule has 0 radical (unpaired) electrons. The van der Waals surface area contributed by atoms with Gasteiger partial charge in [-0.2, -0.15) is 0 Å². The van der Waals surface area contributed by atoms with Gasteiger partial charge in [-0.05, 0) is 25.8 Å². The van der Waals surface area contributed by atoms with Crippen LogP contribution in [0.25, 0.3) is 0 Å². The molecule has 0 aliphatic carbocycles. The third kappa shape index (κ3) is 2.82. The summed E-state index contributed by atoms with van der Waals surface area (Å²) in [5.74, 6) is 0.137. The number of benzene rings is 1. The zero-order valence-electron chi connectivity index (χ0n) is 12.7. The summed E-state index contributed by atoms with van der Waals surface area (Å²) in [6.45, 7) is 2.63. The standard InChI is InChI=1S/C18H20N2O2/c1-13-16(9-10-19-13)18(22)20-11-5-8-15(20)12-17(21)14-6-3-2-4-7-14/h2-4,6-7,9-10,15,19H,5,8,11-12H2,1H3/t15-/m0/s1. The van der Waals surface area contributed by atoms with Crippen molar-refractivity contribution in [2.24, 2.45) is 0 Å². The quantitative estimate of drug-likeness (QED) is 0.881. The first-order chi connectivity index (χ1) is 10.7. The number of likely N-dealkylation sites (tertiary alicyclic amines) is 1. The lowest BCUT2D eigenvalue weighted by Crippen LogP contribution is -2.37. The third-order valence-electron chi connectivity index (χ3n) is 4.34. The molecule has 2 aromatic rings. The second kappa shape index (κ2) is 6.18. The van der Waals surface area contributed by atoms with Crippen molar-refractivity contribution in [3.63, 3.8) is 0 Å². The number of nitrogens with zero attached hydrogens (tertiary/aromatic N) is 1. The van der Waals surface area contributed by atoms with Crippen LogP contribution in [0.2, 0.25) is 0 Å². The molecule has 22 heavy (non-hydrogen) atoms. The van der Waals surface area contributed by atoms with Crippen LogP contribution in [0.3, 0.4) is 0 Å². The number of H-pyrrole nitrogens is 1. The van der Waals surface area contributed by atoms with E-state index < -0.39 is 0 Å². The van der Waals surface area contributed by atoms with Gasteiger partial charge in [0.15, 0.2) is 5.78 Å². The highest BCUT2D eigenvalue weighted by Gasteiger charge is 2.31. The van der Waals surface area contributed by atoms with E-state index in [9.17, 15) is 9.59 Å². The average molecular weight is 296 g/mol. The lowest BCUT2D eigenvalue weighted by molar-refractivity contribution is 0.0716. The molecule has 1 aliphatic rings. The van der Waals surface area contributed by atoms with Gasteiger partial charge in [-0.25, -0.2) is 0 Å². The van der Waals surface area contributed by atoms with Gasteiger partial charge < -0.3 is 9.88 Å². The largest absolute Gasteiger partial charge is 0.365 e. The molecule has 1 amide bonds.